The number of benzene rings is 3. The van der Waals surface area contributed by atoms with Crippen molar-refractivity contribution in [2.45, 2.75) is 31.0 Å². The lowest BCUT2D eigenvalue weighted by atomic mass is 9.82. The highest BCUT2D eigenvalue weighted by Gasteiger charge is 2.50. The molecular weight excluding hydrogens is 448 g/mol. The van der Waals surface area contributed by atoms with Crippen molar-refractivity contribution in [2.75, 3.05) is 26.2 Å². The molecule has 1 atom stereocenters. The zero-order chi connectivity index (χ0) is 24.5. The summed E-state index contributed by atoms with van der Waals surface area (Å²) in [7, 11) is 0. The molecule has 0 amide bonds. The van der Waals surface area contributed by atoms with E-state index in [1.807, 2.05) is 18.2 Å². The number of aliphatic hydroxyl groups is 1. The van der Waals surface area contributed by atoms with Crippen LogP contribution in [0.25, 0.3) is 0 Å². The molecule has 0 spiro atoms. The molecular formula is C29H30F2NO3+. The fourth-order valence-corrected chi connectivity index (χ4v) is 5.69. The lowest BCUT2D eigenvalue weighted by molar-refractivity contribution is -0.946. The topological polar surface area (TPSA) is 46.5 Å². The van der Waals surface area contributed by atoms with Crippen molar-refractivity contribution in [3.05, 3.63) is 107 Å². The van der Waals surface area contributed by atoms with Gasteiger partial charge in [-0.3, -0.25) is 0 Å². The van der Waals surface area contributed by atoms with Gasteiger partial charge >= 0.3 is 5.97 Å². The summed E-state index contributed by atoms with van der Waals surface area (Å²) in [6.45, 7) is 3.81. The van der Waals surface area contributed by atoms with Crippen LogP contribution >= 0.6 is 0 Å². The van der Waals surface area contributed by atoms with E-state index in [0.29, 0.717) is 6.54 Å². The van der Waals surface area contributed by atoms with Gasteiger partial charge in [-0.2, -0.15) is 0 Å². The number of fused-ring (bicyclic) bond motifs is 3. The van der Waals surface area contributed by atoms with Crippen LogP contribution in [0.5, 0.6) is 0 Å². The summed E-state index contributed by atoms with van der Waals surface area (Å²) in [5.41, 5.74) is -0.500. The Labute approximate surface area is 204 Å². The number of carbonyl (C=O) groups excluding carboxylic acids is 1. The summed E-state index contributed by atoms with van der Waals surface area (Å²) in [6.07, 6.45) is 2.59. The lowest BCUT2D eigenvalue weighted by Gasteiger charge is -2.52. The molecule has 3 aliphatic rings. The SMILES string of the molecule is O=C(O[C@H]1C[N+]2(CCc3ccccc3)CCC1CC2)C(O)(c1ccc(F)cc1)c1ccc(F)cc1. The number of esters is 1. The van der Waals surface area contributed by atoms with Crippen LogP contribution in [0.2, 0.25) is 0 Å². The maximum Gasteiger partial charge on any atom is 0.348 e. The van der Waals surface area contributed by atoms with E-state index in [1.165, 1.54) is 54.1 Å². The van der Waals surface area contributed by atoms with Gasteiger partial charge in [-0.1, -0.05) is 54.6 Å². The Morgan fingerprint density at radius 2 is 1.43 bits per heavy atom. The Morgan fingerprint density at radius 3 is 1.97 bits per heavy atom. The molecule has 35 heavy (non-hydrogen) atoms. The third-order valence-corrected chi connectivity index (χ3v) is 7.84. The Hall–Kier alpha value is -3.09. The first kappa shape index (κ1) is 23.6. The smallest absolute Gasteiger partial charge is 0.348 e. The molecule has 3 aromatic carbocycles. The Bertz CT molecular complexity index is 1110. The third-order valence-electron chi connectivity index (χ3n) is 7.84. The molecule has 2 bridgehead atoms. The highest BCUT2D eigenvalue weighted by molar-refractivity contribution is 5.85. The summed E-state index contributed by atoms with van der Waals surface area (Å²) < 4.78 is 34.1. The minimum absolute atomic E-state index is 0.185. The number of rotatable bonds is 7. The van der Waals surface area contributed by atoms with Gasteiger partial charge in [0.05, 0.1) is 19.6 Å². The second-order valence-electron chi connectivity index (χ2n) is 9.94. The van der Waals surface area contributed by atoms with Crippen molar-refractivity contribution in [1.82, 2.24) is 0 Å². The minimum Gasteiger partial charge on any atom is -0.453 e. The first-order valence-electron chi connectivity index (χ1n) is 12.2. The number of nitrogens with zero attached hydrogens (tertiary/aromatic N) is 1. The molecule has 6 heteroatoms. The summed E-state index contributed by atoms with van der Waals surface area (Å²) in [4.78, 5) is 13.6. The molecule has 6 rings (SSSR count). The molecule has 0 aliphatic carbocycles. The predicted molar refractivity (Wildman–Crippen MR) is 128 cm³/mol. The van der Waals surface area contributed by atoms with Crippen molar-refractivity contribution in [1.29, 1.82) is 0 Å². The molecule has 0 radical (unpaired) electrons. The Kier molecular flexibility index (Phi) is 6.43. The van der Waals surface area contributed by atoms with Crippen LogP contribution in [0.3, 0.4) is 0 Å². The average molecular weight is 479 g/mol. The molecule has 182 valence electrons. The Morgan fingerprint density at radius 1 is 0.886 bits per heavy atom. The average Bonchev–Trinajstić information content (AvgIpc) is 2.89. The maximum absolute atomic E-state index is 13.6. The maximum atomic E-state index is 13.6. The highest BCUT2D eigenvalue weighted by atomic mass is 19.1. The van der Waals surface area contributed by atoms with Gasteiger partial charge in [-0.15, -0.1) is 0 Å². The predicted octanol–water partition coefficient (Wildman–Crippen LogP) is 4.60. The molecule has 0 aromatic heterocycles. The largest absolute Gasteiger partial charge is 0.453 e. The van der Waals surface area contributed by atoms with Crippen LogP contribution in [0.1, 0.15) is 29.5 Å². The summed E-state index contributed by atoms with van der Waals surface area (Å²) >= 11 is 0. The lowest BCUT2D eigenvalue weighted by Crippen LogP contribution is -2.65. The van der Waals surface area contributed by atoms with E-state index in [4.69, 9.17) is 4.74 Å². The number of hydrogen-bond donors (Lipinski definition) is 1. The van der Waals surface area contributed by atoms with Crippen LogP contribution in [-0.4, -0.2) is 47.8 Å². The van der Waals surface area contributed by atoms with Crippen LogP contribution in [0, 0.1) is 17.6 Å². The molecule has 0 saturated carbocycles. The highest BCUT2D eigenvalue weighted by Crippen LogP contribution is 2.38. The van der Waals surface area contributed by atoms with Gasteiger partial charge in [0.15, 0.2) is 6.10 Å². The van der Waals surface area contributed by atoms with Gasteiger partial charge in [0.2, 0.25) is 5.60 Å². The first-order chi connectivity index (χ1) is 16.9. The zero-order valence-electron chi connectivity index (χ0n) is 19.6. The number of hydrogen-bond acceptors (Lipinski definition) is 3. The second kappa shape index (κ2) is 9.51. The zero-order valence-corrected chi connectivity index (χ0v) is 19.6. The van der Waals surface area contributed by atoms with Gasteiger partial charge in [-0.05, 0) is 41.0 Å². The van der Waals surface area contributed by atoms with Crippen molar-refractivity contribution in [3.63, 3.8) is 0 Å². The van der Waals surface area contributed by atoms with E-state index in [-0.39, 0.29) is 23.1 Å². The molecule has 3 aromatic rings. The molecule has 3 aliphatic heterocycles. The molecule has 0 unspecified atom stereocenters. The fraction of sp³-hybridized carbons (Fsp3) is 0.345. The van der Waals surface area contributed by atoms with Crippen molar-refractivity contribution < 1.29 is 27.9 Å². The number of quaternary nitrogens is 1. The molecule has 4 nitrogen and oxygen atoms in total. The van der Waals surface area contributed by atoms with Gasteiger partial charge in [0.1, 0.15) is 18.2 Å². The van der Waals surface area contributed by atoms with Crippen molar-refractivity contribution in [2.24, 2.45) is 5.92 Å². The molecule has 3 heterocycles. The number of carbonyl (C=O) groups is 1. The standard InChI is InChI=1S/C29H30F2NO3/c30-25-10-6-23(7-11-25)29(34,24-8-12-26(31)13-9-24)28(33)35-27-20-32(18-15-22(27)16-19-32)17-14-21-4-2-1-3-5-21/h1-13,22,27,34H,14-20H2/q+1/t22?,27-,32?/m0/s1. The van der Waals surface area contributed by atoms with E-state index >= 15 is 0 Å². The number of piperidine rings is 3. The summed E-state index contributed by atoms with van der Waals surface area (Å²) in [5, 5.41) is 11.7. The minimum atomic E-state index is -2.16. The van der Waals surface area contributed by atoms with Crippen molar-refractivity contribution in [3.8, 4) is 0 Å². The van der Waals surface area contributed by atoms with Gasteiger partial charge in [0.25, 0.3) is 0 Å². The normalized spacial score (nSPS) is 23.7. The number of halogens is 2. The first-order valence-corrected chi connectivity index (χ1v) is 12.2. The van der Waals surface area contributed by atoms with Gasteiger partial charge in [0, 0.05) is 25.2 Å². The van der Waals surface area contributed by atoms with E-state index < -0.39 is 23.2 Å². The van der Waals surface area contributed by atoms with Crippen LogP contribution in [0.15, 0.2) is 78.9 Å². The Balaban J connectivity index is 1.38. The van der Waals surface area contributed by atoms with Crippen LogP contribution < -0.4 is 0 Å². The summed E-state index contributed by atoms with van der Waals surface area (Å²) in [5.74, 6) is -1.52. The number of ether oxygens (including phenoxy) is 1. The van der Waals surface area contributed by atoms with E-state index in [1.54, 1.807) is 0 Å². The van der Waals surface area contributed by atoms with E-state index in [2.05, 4.69) is 12.1 Å². The van der Waals surface area contributed by atoms with Crippen LogP contribution in [-0.2, 0) is 21.6 Å². The molecule has 3 fully saturated rings. The van der Waals surface area contributed by atoms with Gasteiger partial charge < -0.3 is 14.3 Å². The third kappa shape index (κ3) is 4.73. The summed E-state index contributed by atoms with van der Waals surface area (Å²) in [6, 6.07) is 20.6. The van der Waals surface area contributed by atoms with Crippen molar-refractivity contribution >= 4 is 5.97 Å². The monoisotopic (exact) mass is 478 g/mol. The van der Waals surface area contributed by atoms with Crippen LogP contribution in [0.4, 0.5) is 8.78 Å². The van der Waals surface area contributed by atoms with E-state index in [0.717, 1.165) is 43.4 Å². The quantitative estimate of drug-likeness (QED) is 0.399. The van der Waals surface area contributed by atoms with Gasteiger partial charge in [-0.25, -0.2) is 13.6 Å². The molecule has 1 N–H and O–H groups in total. The second-order valence-corrected chi connectivity index (χ2v) is 9.94. The fourth-order valence-electron chi connectivity index (χ4n) is 5.69. The van der Waals surface area contributed by atoms with E-state index in [9.17, 15) is 18.7 Å². The molecule has 3 saturated heterocycles.